The van der Waals surface area contributed by atoms with E-state index in [0.717, 1.165) is 31.2 Å². The van der Waals surface area contributed by atoms with E-state index >= 15 is 0 Å². The van der Waals surface area contributed by atoms with Crippen molar-refractivity contribution in [2.75, 3.05) is 6.54 Å². The van der Waals surface area contributed by atoms with Crippen molar-refractivity contribution in [2.45, 2.75) is 37.6 Å². The van der Waals surface area contributed by atoms with Gasteiger partial charge in [-0.3, -0.25) is 4.79 Å². The summed E-state index contributed by atoms with van der Waals surface area (Å²) >= 11 is 0. The van der Waals surface area contributed by atoms with Gasteiger partial charge >= 0.3 is 0 Å². The normalized spacial score (nSPS) is 20.8. The van der Waals surface area contributed by atoms with Gasteiger partial charge in [0.1, 0.15) is 11.0 Å². The number of H-pyrrole nitrogens is 1. The third-order valence-corrected chi connectivity index (χ3v) is 4.76. The molecule has 2 fully saturated rings. The molecule has 2 aromatic heterocycles. The Morgan fingerprint density at radius 1 is 1.21 bits per heavy atom. The monoisotopic (exact) mass is 324 g/mol. The largest absolute Gasteiger partial charge is 0.339 e. The molecule has 1 saturated heterocycles. The number of nitrogens with one attached hydrogen (secondary N) is 1. The van der Waals surface area contributed by atoms with Crippen LogP contribution in [-0.4, -0.2) is 42.9 Å². The molecular weight excluding hydrogens is 308 g/mol. The number of carbonyl (C=O) groups excluding carboxylic acids is 1. The number of amides is 1. The molecule has 1 aliphatic heterocycles. The lowest BCUT2D eigenvalue weighted by atomic mass is 10.1. The van der Waals surface area contributed by atoms with Gasteiger partial charge < -0.3 is 9.42 Å². The first-order valence-corrected chi connectivity index (χ1v) is 8.24. The summed E-state index contributed by atoms with van der Waals surface area (Å²) in [6.45, 7) is 0.702. The van der Waals surface area contributed by atoms with E-state index in [-0.39, 0.29) is 11.9 Å². The van der Waals surface area contributed by atoms with Gasteiger partial charge in [-0.2, -0.15) is 20.4 Å². The molecule has 1 N–H and O–H groups in total. The van der Waals surface area contributed by atoms with Crippen LogP contribution in [0.25, 0.3) is 11.0 Å². The number of rotatable bonds is 3. The minimum atomic E-state index is -0.109. The molecule has 0 radical (unpaired) electrons. The highest BCUT2D eigenvalue weighted by Crippen LogP contribution is 2.40. The van der Waals surface area contributed by atoms with E-state index in [0.29, 0.717) is 35.3 Å². The quantitative estimate of drug-likeness (QED) is 0.792. The van der Waals surface area contributed by atoms with Crippen LogP contribution < -0.4 is 0 Å². The number of aromatic nitrogens is 5. The van der Waals surface area contributed by atoms with Gasteiger partial charge in [0.25, 0.3) is 5.91 Å². The van der Waals surface area contributed by atoms with Crippen molar-refractivity contribution in [3.8, 4) is 0 Å². The first-order valence-electron chi connectivity index (χ1n) is 8.24. The van der Waals surface area contributed by atoms with Gasteiger partial charge in [-0.25, -0.2) is 0 Å². The van der Waals surface area contributed by atoms with Crippen molar-refractivity contribution in [3.63, 3.8) is 0 Å². The second-order valence-electron chi connectivity index (χ2n) is 6.45. The summed E-state index contributed by atoms with van der Waals surface area (Å²) in [4.78, 5) is 19.3. The Balaban J connectivity index is 1.43. The molecule has 0 bridgehead atoms. The summed E-state index contributed by atoms with van der Waals surface area (Å²) in [7, 11) is 0. The van der Waals surface area contributed by atoms with E-state index in [9.17, 15) is 4.79 Å². The second-order valence-corrected chi connectivity index (χ2v) is 6.45. The van der Waals surface area contributed by atoms with E-state index in [2.05, 4.69) is 25.6 Å². The second kappa shape index (κ2) is 5.12. The number of hydrogen-bond donors (Lipinski definition) is 1. The molecule has 1 saturated carbocycles. The zero-order chi connectivity index (χ0) is 16.1. The van der Waals surface area contributed by atoms with Crippen LogP contribution >= 0.6 is 0 Å². The Morgan fingerprint density at radius 3 is 2.96 bits per heavy atom. The summed E-state index contributed by atoms with van der Waals surface area (Å²) in [5.74, 6) is 1.74. The maximum Gasteiger partial charge on any atom is 0.254 e. The van der Waals surface area contributed by atoms with Gasteiger partial charge in [0.2, 0.25) is 5.89 Å². The fraction of sp³-hybridized carbons (Fsp3) is 0.438. The van der Waals surface area contributed by atoms with Crippen molar-refractivity contribution in [2.24, 2.45) is 0 Å². The molecule has 0 spiro atoms. The summed E-state index contributed by atoms with van der Waals surface area (Å²) in [5.41, 5.74) is 2.04. The molecule has 1 unspecified atom stereocenters. The summed E-state index contributed by atoms with van der Waals surface area (Å²) in [5, 5.41) is 14.7. The first-order chi connectivity index (χ1) is 11.8. The highest BCUT2D eigenvalue weighted by Gasteiger charge is 2.36. The standard InChI is InChI=1S/C16H16N6O2/c23-16(10-5-6-11-12(8-10)19-21-18-11)22-7-1-2-13(22)14-17-15(24-20-14)9-3-4-9/h5-6,8-9,13H,1-4,7H2,(H,18,19,21). The molecule has 1 atom stereocenters. The van der Waals surface area contributed by atoms with Crippen LogP contribution in [0.2, 0.25) is 0 Å². The molecule has 8 heteroatoms. The molecule has 1 amide bonds. The van der Waals surface area contributed by atoms with Crippen LogP contribution in [0.3, 0.4) is 0 Å². The molecule has 1 aromatic carbocycles. The Hall–Kier alpha value is -2.77. The Morgan fingerprint density at radius 2 is 2.08 bits per heavy atom. The highest BCUT2D eigenvalue weighted by molar-refractivity contribution is 5.97. The number of nitrogens with zero attached hydrogens (tertiary/aromatic N) is 5. The summed E-state index contributed by atoms with van der Waals surface area (Å²) < 4.78 is 5.36. The van der Waals surface area contributed by atoms with Gasteiger partial charge in [0, 0.05) is 18.0 Å². The summed E-state index contributed by atoms with van der Waals surface area (Å²) in [6.07, 6.45) is 4.04. The predicted octanol–water partition coefficient (Wildman–Crippen LogP) is 2.20. The van der Waals surface area contributed by atoms with Gasteiger partial charge in [0.05, 0.1) is 6.04 Å². The van der Waals surface area contributed by atoms with E-state index in [1.165, 1.54) is 0 Å². The zero-order valence-corrected chi connectivity index (χ0v) is 13.0. The molecule has 3 aromatic rings. The predicted molar refractivity (Wildman–Crippen MR) is 83.2 cm³/mol. The lowest BCUT2D eigenvalue weighted by Crippen LogP contribution is -2.31. The van der Waals surface area contributed by atoms with Crippen LogP contribution in [0.4, 0.5) is 0 Å². The van der Waals surface area contributed by atoms with Crippen LogP contribution in [0, 0.1) is 0 Å². The van der Waals surface area contributed by atoms with Crippen molar-refractivity contribution in [3.05, 3.63) is 35.5 Å². The number of carbonyl (C=O) groups is 1. The number of likely N-dealkylation sites (tertiary alicyclic amines) is 1. The molecule has 1 aliphatic carbocycles. The van der Waals surface area contributed by atoms with Crippen molar-refractivity contribution < 1.29 is 9.32 Å². The summed E-state index contributed by atoms with van der Waals surface area (Å²) in [6, 6.07) is 5.25. The number of fused-ring (bicyclic) bond motifs is 1. The number of hydrogen-bond acceptors (Lipinski definition) is 6. The van der Waals surface area contributed by atoms with E-state index in [1.54, 1.807) is 18.2 Å². The molecule has 2 aliphatic rings. The minimum Gasteiger partial charge on any atom is -0.339 e. The van der Waals surface area contributed by atoms with E-state index < -0.39 is 0 Å². The molecule has 24 heavy (non-hydrogen) atoms. The van der Waals surface area contributed by atoms with Crippen LogP contribution in [-0.2, 0) is 0 Å². The average Bonchev–Trinajstić information content (AvgIpc) is 3.06. The van der Waals surface area contributed by atoms with Gasteiger partial charge in [-0.1, -0.05) is 5.16 Å². The van der Waals surface area contributed by atoms with Crippen LogP contribution in [0.1, 0.15) is 59.7 Å². The third kappa shape index (κ3) is 2.17. The number of benzene rings is 1. The number of aromatic amines is 1. The average molecular weight is 324 g/mol. The molecule has 3 heterocycles. The molecule has 5 rings (SSSR count). The van der Waals surface area contributed by atoms with Crippen molar-refractivity contribution in [1.82, 2.24) is 30.5 Å². The molecule has 8 nitrogen and oxygen atoms in total. The first kappa shape index (κ1) is 13.6. The van der Waals surface area contributed by atoms with E-state index in [1.807, 2.05) is 4.90 Å². The minimum absolute atomic E-state index is 0.0276. The lowest BCUT2D eigenvalue weighted by Gasteiger charge is -2.22. The highest BCUT2D eigenvalue weighted by atomic mass is 16.5. The van der Waals surface area contributed by atoms with Crippen LogP contribution in [0.5, 0.6) is 0 Å². The Bertz CT molecular complexity index is 912. The van der Waals surface area contributed by atoms with E-state index in [4.69, 9.17) is 4.52 Å². The Kier molecular flexibility index (Phi) is 2.91. The third-order valence-electron chi connectivity index (χ3n) is 4.76. The molecule has 122 valence electrons. The SMILES string of the molecule is O=C(c1ccc2n[nH]nc2c1)N1CCCC1c1noc(C2CC2)n1. The Labute approximate surface area is 137 Å². The van der Waals surface area contributed by atoms with Gasteiger partial charge in [-0.05, 0) is 43.9 Å². The van der Waals surface area contributed by atoms with Crippen LogP contribution in [0.15, 0.2) is 22.7 Å². The van der Waals surface area contributed by atoms with Crippen molar-refractivity contribution in [1.29, 1.82) is 0 Å². The van der Waals surface area contributed by atoms with Gasteiger partial charge in [0.15, 0.2) is 5.82 Å². The van der Waals surface area contributed by atoms with Crippen molar-refractivity contribution >= 4 is 16.9 Å². The zero-order valence-electron chi connectivity index (χ0n) is 13.0. The fourth-order valence-corrected chi connectivity index (χ4v) is 3.30. The maximum atomic E-state index is 12.9. The topological polar surface area (TPSA) is 101 Å². The lowest BCUT2D eigenvalue weighted by molar-refractivity contribution is 0.0728. The smallest absolute Gasteiger partial charge is 0.254 e. The molecular formula is C16H16N6O2. The fourth-order valence-electron chi connectivity index (χ4n) is 3.30. The maximum absolute atomic E-state index is 12.9. The van der Waals surface area contributed by atoms with Gasteiger partial charge in [-0.15, -0.1) is 0 Å².